The molecule has 2 N–H and O–H groups in total. The molecule has 0 radical (unpaired) electrons. The van der Waals surface area contributed by atoms with E-state index < -0.39 is 17.6 Å². The number of ether oxygens (including phenoxy) is 4. The number of anilines is 2. The van der Waals surface area contributed by atoms with Crippen molar-refractivity contribution in [1.29, 1.82) is 0 Å². The summed E-state index contributed by atoms with van der Waals surface area (Å²) in [5.41, 5.74) is 2.09. The van der Waals surface area contributed by atoms with Crippen molar-refractivity contribution in [3.8, 4) is 17.2 Å². The fourth-order valence-electron chi connectivity index (χ4n) is 5.92. The number of hydrogen-bond acceptors (Lipinski definition) is 9. The Kier molecular flexibility index (Phi) is 15.7. The maximum atomic E-state index is 13.8. The molecule has 0 atom stereocenters. The van der Waals surface area contributed by atoms with Gasteiger partial charge < -0.3 is 44.3 Å². The number of unbranched alkanes of at least 4 members (excludes halogenated alkanes) is 2. The number of rotatable bonds is 17. The number of nitrogens with one attached hydrogen (secondary N) is 2. The highest BCUT2D eigenvalue weighted by molar-refractivity contribution is 6.09. The lowest BCUT2D eigenvalue weighted by Gasteiger charge is -2.32. The standard InChI is InChI=1S/C42H57N5O8/c1-30-17-20-34(37(28-30)54-26-12-8-9-16-38(48)47-24-22-45(5)23-25-47)46(6)40(50)31-18-19-33(36(29-31)52-7)44-39(49)32-14-10-11-15-35(32)53-27-13-21-43-41(51)55-42(2,3)4/h10-11,14-15,17-20,28-29H,8-9,12-13,16,21-27H2,1-7H3,(H,43,51)(H,44,49). The maximum Gasteiger partial charge on any atom is 0.407 e. The summed E-state index contributed by atoms with van der Waals surface area (Å²) in [5.74, 6) is 0.812. The Hall–Kier alpha value is -5.30. The summed E-state index contributed by atoms with van der Waals surface area (Å²) >= 11 is 0. The zero-order valence-corrected chi connectivity index (χ0v) is 33.4. The Bertz CT molecular complexity index is 1770. The van der Waals surface area contributed by atoms with E-state index in [1.807, 2.05) is 30.0 Å². The van der Waals surface area contributed by atoms with Gasteiger partial charge in [0.05, 0.1) is 37.3 Å². The number of piperazine rings is 1. The molecule has 3 aromatic rings. The molecule has 13 heteroatoms. The minimum absolute atomic E-state index is 0.219. The van der Waals surface area contributed by atoms with Crippen LogP contribution in [-0.2, 0) is 9.53 Å². The van der Waals surface area contributed by atoms with Gasteiger partial charge in [0, 0.05) is 51.8 Å². The van der Waals surface area contributed by atoms with Crippen molar-refractivity contribution in [2.45, 2.75) is 65.4 Å². The predicted molar refractivity (Wildman–Crippen MR) is 214 cm³/mol. The highest BCUT2D eigenvalue weighted by atomic mass is 16.6. The molecular formula is C42H57N5O8. The molecule has 0 saturated carbocycles. The molecule has 0 spiro atoms. The zero-order valence-electron chi connectivity index (χ0n) is 33.4. The number of nitrogens with zero attached hydrogens (tertiary/aromatic N) is 3. The molecular weight excluding hydrogens is 702 g/mol. The van der Waals surface area contributed by atoms with Crippen LogP contribution in [0.15, 0.2) is 60.7 Å². The summed E-state index contributed by atoms with van der Waals surface area (Å²) in [4.78, 5) is 57.4. The first kappa shape index (κ1) is 42.4. The van der Waals surface area contributed by atoms with Crippen LogP contribution in [0.1, 0.15) is 79.2 Å². The number of amides is 4. The molecule has 13 nitrogen and oxygen atoms in total. The van der Waals surface area contributed by atoms with Gasteiger partial charge in [-0.05, 0) is 108 Å². The van der Waals surface area contributed by atoms with Gasteiger partial charge >= 0.3 is 6.09 Å². The first-order valence-corrected chi connectivity index (χ1v) is 18.9. The van der Waals surface area contributed by atoms with E-state index in [0.29, 0.717) is 65.7 Å². The third-order valence-electron chi connectivity index (χ3n) is 9.01. The highest BCUT2D eigenvalue weighted by Crippen LogP contribution is 2.32. The molecule has 4 amide bonds. The van der Waals surface area contributed by atoms with Crippen molar-refractivity contribution < 1.29 is 38.1 Å². The Labute approximate surface area is 325 Å². The van der Waals surface area contributed by atoms with Crippen molar-refractivity contribution in [2.24, 2.45) is 0 Å². The summed E-state index contributed by atoms with van der Waals surface area (Å²) < 4.78 is 22.9. The van der Waals surface area contributed by atoms with E-state index >= 15 is 0 Å². The number of carbonyl (C=O) groups is 4. The number of hydrogen-bond donors (Lipinski definition) is 2. The second-order valence-electron chi connectivity index (χ2n) is 14.7. The van der Waals surface area contributed by atoms with E-state index in [-0.39, 0.29) is 18.4 Å². The van der Waals surface area contributed by atoms with E-state index in [1.165, 1.54) is 12.0 Å². The van der Waals surface area contributed by atoms with Gasteiger partial charge in [-0.25, -0.2) is 4.79 Å². The largest absolute Gasteiger partial charge is 0.495 e. The van der Waals surface area contributed by atoms with Crippen LogP contribution in [-0.4, -0.2) is 106 Å². The van der Waals surface area contributed by atoms with Crippen LogP contribution in [0.2, 0.25) is 0 Å². The smallest absolute Gasteiger partial charge is 0.407 e. The van der Waals surface area contributed by atoms with Gasteiger partial charge in [0.2, 0.25) is 5.91 Å². The molecule has 3 aromatic carbocycles. The molecule has 1 fully saturated rings. The second kappa shape index (κ2) is 20.4. The molecule has 0 aliphatic carbocycles. The van der Waals surface area contributed by atoms with Crippen LogP contribution >= 0.6 is 0 Å². The average molecular weight is 760 g/mol. The fraction of sp³-hybridized carbons (Fsp3) is 0.476. The van der Waals surface area contributed by atoms with Crippen LogP contribution in [0.4, 0.5) is 16.2 Å². The normalized spacial score (nSPS) is 13.1. The third-order valence-corrected chi connectivity index (χ3v) is 9.01. The van der Waals surface area contributed by atoms with Gasteiger partial charge in [0.25, 0.3) is 11.8 Å². The van der Waals surface area contributed by atoms with Crippen molar-refractivity contribution in [3.05, 3.63) is 77.4 Å². The fourth-order valence-corrected chi connectivity index (χ4v) is 5.92. The first-order valence-electron chi connectivity index (χ1n) is 18.9. The quantitative estimate of drug-likeness (QED) is 0.147. The zero-order chi connectivity index (χ0) is 40.0. The Balaban J connectivity index is 1.31. The van der Waals surface area contributed by atoms with Crippen molar-refractivity contribution in [2.75, 3.05) is 77.4 Å². The summed E-state index contributed by atoms with van der Waals surface area (Å²) in [7, 11) is 5.24. The molecule has 1 aliphatic heterocycles. The van der Waals surface area contributed by atoms with Crippen molar-refractivity contribution in [1.82, 2.24) is 15.1 Å². The Morgan fingerprint density at radius 2 is 1.53 bits per heavy atom. The minimum Gasteiger partial charge on any atom is -0.495 e. The lowest BCUT2D eigenvalue weighted by Crippen LogP contribution is -2.47. The lowest BCUT2D eigenvalue weighted by atomic mass is 10.1. The van der Waals surface area contributed by atoms with Crippen LogP contribution in [0, 0.1) is 6.92 Å². The van der Waals surface area contributed by atoms with Crippen LogP contribution in [0.25, 0.3) is 0 Å². The van der Waals surface area contributed by atoms with Gasteiger partial charge in [-0.3, -0.25) is 14.4 Å². The second-order valence-corrected chi connectivity index (χ2v) is 14.7. The summed E-state index contributed by atoms with van der Waals surface area (Å²) in [5, 5.41) is 5.56. The molecule has 4 rings (SSSR count). The van der Waals surface area contributed by atoms with E-state index in [1.54, 1.807) is 70.3 Å². The summed E-state index contributed by atoms with van der Waals surface area (Å²) in [6, 6.07) is 17.4. The molecule has 1 heterocycles. The number of aryl methyl sites for hydroxylation is 1. The summed E-state index contributed by atoms with van der Waals surface area (Å²) in [6.45, 7) is 11.9. The van der Waals surface area contributed by atoms with Gasteiger partial charge in [0.15, 0.2) is 0 Å². The molecule has 0 bridgehead atoms. The number of carbonyl (C=O) groups excluding carboxylic acids is 4. The lowest BCUT2D eigenvalue weighted by molar-refractivity contribution is -0.132. The molecule has 0 aromatic heterocycles. The van der Waals surface area contributed by atoms with Crippen molar-refractivity contribution >= 4 is 35.2 Å². The number of likely N-dealkylation sites (N-methyl/N-ethyl adjacent to an activating group) is 1. The van der Waals surface area contributed by atoms with E-state index in [0.717, 1.165) is 51.0 Å². The van der Waals surface area contributed by atoms with Crippen LogP contribution < -0.4 is 29.7 Å². The maximum absolute atomic E-state index is 13.8. The SMILES string of the molecule is COc1cc(C(=O)N(C)c2ccc(C)cc2OCCCCCC(=O)N2CCN(C)CC2)ccc1NC(=O)c1ccccc1OCCCNC(=O)OC(C)(C)C. The van der Waals surface area contributed by atoms with Crippen molar-refractivity contribution in [3.63, 3.8) is 0 Å². The number of para-hydroxylation sites is 1. The molecule has 1 aliphatic rings. The van der Waals surface area contributed by atoms with Crippen LogP contribution in [0.5, 0.6) is 17.2 Å². The van der Waals surface area contributed by atoms with E-state index in [4.69, 9.17) is 18.9 Å². The molecule has 1 saturated heterocycles. The number of methoxy groups -OCH3 is 1. The Morgan fingerprint density at radius 3 is 2.25 bits per heavy atom. The predicted octanol–water partition coefficient (Wildman–Crippen LogP) is 6.54. The number of benzene rings is 3. The topological polar surface area (TPSA) is 139 Å². The molecule has 55 heavy (non-hydrogen) atoms. The number of alkyl carbamates (subject to hydrolysis) is 1. The van der Waals surface area contributed by atoms with Gasteiger partial charge in [-0.15, -0.1) is 0 Å². The van der Waals surface area contributed by atoms with Gasteiger partial charge in [-0.2, -0.15) is 0 Å². The minimum atomic E-state index is -0.584. The monoisotopic (exact) mass is 759 g/mol. The third kappa shape index (κ3) is 13.2. The van der Waals surface area contributed by atoms with E-state index in [9.17, 15) is 19.2 Å². The van der Waals surface area contributed by atoms with E-state index in [2.05, 4.69) is 22.6 Å². The highest BCUT2D eigenvalue weighted by Gasteiger charge is 2.22. The first-order chi connectivity index (χ1) is 26.3. The Morgan fingerprint density at radius 1 is 0.818 bits per heavy atom. The molecule has 298 valence electrons. The summed E-state index contributed by atoms with van der Waals surface area (Å²) in [6.07, 6.45) is 3.01. The van der Waals surface area contributed by atoms with Gasteiger partial charge in [-0.1, -0.05) is 18.2 Å². The van der Waals surface area contributed by atoms with Gasteiger partial charge in [0.1, 0.15) is 22.8 Å². The van der Waals surface area contributed by atoms with Crippen LogP contribution in [0.3, 0.4) is 0 Å². The molecule has 0 unspecified atom stereocenters. The average Bonchev–Trinajstić information content (AvgIpc) is 3.15.